The summed E-state index contributed by atoms with van der Waals surface area (Å²) in [5.41, 5.74) is 1.90. The van der Waals surface area contributed by atoms with Crippen molar-refractivity contribution in [2.24, 2.45) is 0 Å². The van der Waals surface area contributed by atoms with Gasteiger partial charge in [-0.2, -0.15) is 0 Å². The number of non-ortho nitro benzene ring substituents is 2. The average Bonchev–Trinajstić information content (AvgIpc) is 2.55. The highest BCUT2D eigenvalue weighted by Gasteiger charge is 2.07. The van der Waals surface area contributed by atoms with E-state index in [9.17, 15) is 20.2 Å². The van der Waals surface area contributed by atoms with Crippen molar-refractivity contribution in [1.82, 2.24) is 0 Å². The second-order valence-corrected chi connectivity index (χ2v) is 5.08. The molecule has 0 aliphatic carbocycles. The van der Waals surface area contributed by atoms with Gasteiger partial charge in [0.05, 0.1) is 9.85 Å². The first-order valence-corrected chi connectivity index (χ1v) is 7.22. The number of hydrogen-bond acceptors (Lipinski definition) is 6. The molecule has 0 spiro atoms. The summed E-state index contributed by atoms with van der Waals surface area (Å²) in [6.45, 7) is 0. The number of nitrogens with one attached hydrogen (secondary N) is 2. The van der Waals surface area contributed by atoms with Crippen molar-refractivity contribution in [3.8, 4) is 0 Å². The third kappa shape index (κ3) is 5.55. The lowest BCUT2D eigenvalue weighted by Gasteiger charge is -2.01. The number of halogens is 1. The Kier molecular flexibility index (Phi) is 6.94. The highest BCUT2D eigenvalue weighted by atomic mass is 79.9. The first kappa shape index (κ1) is 18.4. The van der Waals surface area contributed by atoms with Crippen LogP contribution in [0.2, 0.25) is 0 Å². The Balaban J connectivity index is 0.000000231. The number of nitrogens with zero attached hydrogens (tertiary/aromatic N) is 2. The molecule has 0 bridgehead atoms. The first-order valence-electron chi connectivity index (χ1n) is 6.43. The van der Waals surface area contributed by atoms with Crippen LogP contribution in [0, 0.1) is 20.2 Å². The molecule has 8 nitrogen and oxygen atoms in total. The lowest BCUT2D eigenvalue weighted by atomic mass is 10.3. The smallest absolute Gasteiger partial charge is 0.270 e. The third-order valence-corrected chi connectivity index (χ3v) is 3.46. The average molecular weight is 383 g/mol. The van der Waals surface area contributed by atoms with E-state index in [2.05, 4.69) is 26.6 Å². The molecule has 0 radical (unpaired) electrons. The molecule has 0 amide bonds. The Labute approximate surface area is 140 Å². The fourth-order valence-electron chi connectivity index (χ4n) is 1.57. The molecule has 122 valence electrons. The molecule has 0 aliphatic heterocycles. The topological polar surface area (TPSA) is 110 Å². The van der Waals surface area contributed by atoms with Crippen LogP contribution in [0.3, 0.4) is 0 Å². The summed E-state index contributed by atoms with van der Waals surface area (Å²) in [5, 5.41) is 26.3. The zero-order chi connectivity index (χ0) is 17.4. The van der Waals surface area contributed by atoms with Gasteiger partial charge in [-0.1, -0.05) is 0 Å². The fraction of sp³-hybridized carbons (Fsp3) is 0.143. The van der Waals surface area contributed by atoms with Crippen LogP contribution in [0.1, 0.15) is 0 Å². The van der Waals surface area contributed by atoms with Gasteiger partial charge in [0.2, 0.25) is 0 Å². The normalized spacial score (nSPS) is 9.35. The molecule has 9 heteroatoms. The molecule has 0 atom stereocenters. The van der Waals surface area contributed by atoms with Gasteiger partial charge in [0, 0.05) is 54.2 Å². The molecule has 23 heavy (non-hydrogen) atoms. The molecule has 0 saturated heterocycles. The van der Waals surface area contributed by atoms with Crippen LogP contribution in [-0.2, 0) is 0 Å². The Morgan fingerprint density at radius 3 is 1.78 bits per heavy atom. The summed E-state index contributed by atoms with van der Waals surface area (Å²) >= 11 is 3.21. The highest BCUT2D eigenvalue weighted by Crippen LogP contribution is 2.26. The first-order chi connectivity index (χ1) is 10.9. The van der Waals surface area contributed by atoms with Gasteiger partial charge in [-0.25, -0.2) is 0 Å². The Hall–Kier alpha value is -2.68. The van der Waals surface area contributed by atoms with Crippen molar-refractivity contribution < 1.29 is 9.85 Å². The lowest BCUT2D eigenvalue weighted by Crippen LogP contribution is -1.92. The molecule has 2 rings (SSSR count). The lowest BCUT2D eigenvalue weighted by molar-refractivity contribution is -0.385. The molecule has 2 aromatic rings. The van der Waals surface area contributed by atoms with E-state index in [0.29, 0.717) is 4.47 Å². The summed E-state index contributed by atoms with van der Waals surface area (Å²) in [6.07, 6.45) is 0. The minimum Gasteiger partial charge on any atom is -0.388 e. The van der Waals surface area contributed by atoms with Gasteiger partial charge < -0.3 is 10.6 Å². The Bertz CT molecular complexity index is 692. The van der Waals surface area contributed by atoms with Gasteiger partial charge in [-0.15, -0.1) is 0 Å². The van der Waals surface area contributed by atoms with Crippen molar-refractivity contribution in [2.75, 3.05) is 24.7 Å². The molecule has 0 heterocycles. The summed E-state index contributed by atoms with van der Waals surface area (Å²) in [5.74, 6) is 0. The molecule has 0 aliphatic rings. The van der Waals surface area contributed by atoms with Gasteiger partial charge in [0.1, 0.15) is 0 Å². The number of nitro groups is 2. The number of hydrogen-bond donors (Lipinski definition) is 2. The second kappa shape index (κ2) is 8.69. The number of benzene rings is 2. The summed E-state index contributed by atoms with van der Waals surface area (Å²) in [7, 11) is 3.52. The molecule has 0 fully saturated rings. The maximum atomic E-state index is 10.3. The van der Waals surface area contributed by atoms with Crippen molar-refractivity contribution in [3.63, 3.8) is 0 Å². The Morgan fingerprint density at radius 1 is 0.870 bits per heavy atom. The van der Waals surface area contributed by atoms with Crippen LogP contribution in [0.25, 0.3) is 0 Å². The SMILES string of the molecule is CNc1ccc([N+](=O)[O-])cc1.CNc1ccc([N+](=O)[O-])cc1Br. The Morgan fingerprint density at radius 2 is 1.39 bits per heavy atom. The van der Waals surface area contributed by atoms with Crippen LogP contribution >= 0.6 is 15.9 Å². The van der Waals surface area contributed by atoms with Crippen LogP contribution in [-0.4, -0.2) is 23.9 Å². The van der Waals surface area contributed by atoms with E-state index < -0.39 is 9.85 Å². The van der Waals surface area contributed by atoms with Crippen molar-refractivity contribution in [3.05, 3.63) is 67.2 Å². The maximum absolute atomic E-state index is 10.3. The molecule has 2 N–H and O–H groups in total. The van der Waals surface area contributed by atoms with Crippen LogP contribution in [0.4, 0.5) is 22.7 Å². The third-order valence-electron chi connectivity index (χ3n) is 2.80. The van der Waals surface area contributed by atoms with E-state index in [0.717, 1.165) is 11.4 Å². The quantitative estimate of drug-likeness (QED) is 0.609. The molecular weight excluding hydrogens is 368 g/mol. The summed E-state index contributed by atoms with van der Waals surface area (Å²) in [6, 6.07) is 10.8. The second-order valence-electron chi connectivity index (χ2n) is 4.23. The maximum Gasteiger partial charge on any atom is 0.270 e. The minimum atomic E-state index is -0.426. The van der Waals surface area contributed by atoms with E-state index in [1.165, 1.54) is 24.3 Å². The van der Waals surface area contributed by atoms with Crippen molar-refractivity contribution in [2.45, 2.75) is 0 Å². The number of rotatable bonds is 4. The van der Waals surface area contributed by atoms with Crippen LogP contribution in [0.5, 0.6) is 0 Å². The van der Waals surface area contributed by atoms with Crippen LogP contribution < -0.4 is 10.6 Å². The highest BCUT2D eigenvalue weighted by molar-refractivity contribution is 9.10. The van der Waals surface area contributed by atoms with Gasteiger partial charge in [-0.3, -0.25) is 20.2 Å². The van der Waals surface area contributed by atoms with Crippen molar-refractivity contribution in [1.29, 1.82) is 0 Å². The molecule has 2 aromatic carbocycles. The van der Waals surface area contributed by atoms with Crippen LogP contribution in [0.15, 0.2) is 46.9 Å². The predicted molar refractivity (Wildman–Crippen MR) is 93.0 cm³/mol. The zero-order valence-corrected chi connectivity index (χ0v) is 14.0. The van der Waals surface area contributed by atoms with Crippen molar-refractivity contribution >= 4 is 38.7 Å². The molecule has 0 aromatic heterocycles. The standard InChI is InChI=1S/C7H7BrN2O2.C7H8N2O2/c1-9-7-3-2-5(10(11)12)4-6(7)8;1-8-6-2-4-7(5-3-6)9(10)11/h2-4,9H,1H3;2-5,8H,1H3. The van der Waals surface area contributed by atoms with E-state index in [1.54, 1.807) is 32.3 Å². The minimum absolute atomic E-state index is 0.0841. The number of anilines is 2. The molecular formula is C14H15BrN4O4. The van der Waals surface area contributed by atoms with Gasteiger partial charge in [0.25, 0.3) is 11.4 Å². The predicted octanol–water partition coefficient (Wildman–Crippen LogP) is 4.04. The number of nitro benzene ring substituents is 2. The molecule has 0 saturated carbocycles. The largest absolute Gasteiger partial charge is 0.388 e. The van der Waals surface area contributed by atoms with Gasteiger partial charge in [0.15, 0.2) is 0 Å². The monoisotopic (exact) mass is 382 g/mol. The van der Waals surface area contributed by atoms with E-state index in [-0.39, 0.29) is 11.4 Å². The van der Waals surface area contributed by atoms with Gasteiger partial charge >= 0.3 is 0 Å². The van der Waals surface area contributed by atoms with Gasteiger partial charge in [-0.05, 0) is 34.1 Å². The summed E-state index contributed by atoms with van der Waals surface area (Å²) < 4.78 is 0.694. The summed E-state index contributed by atoms with van der Waals surface area (Å²) in [4.78, 5) is 19.7. The zero-order valence-electron chi connectivity index (χ0n) is 12.4. The fourth-order valence-corrected chi connectivity index (χ4v) is 2.14. The molecule has 0 unspecified atom stereocenters. The van der Waals surface area contributed by atoms with E-state index in [4.69, 9.17) is 0 Å². The van der Waals surface area contributed by atoms with E-state index in [1.807, 2.05) is 0 Å². The van der Waals surface area contributed by atoms with E-state index >= 15 is 0 Å².